The van der Waals surface area contributed by atoms with Gasteiger partial charge in [0.05, 0.1) is 5.69 Å². The van der Waals surface area contributed by atoms with Gasteiger partial charge in [0.25, 0.3) is 5.91 Å². The zero-order valence-corrected chi connectivity index (χ0v) is 21.6. The minimum absolute atomic E-state index is 0.0219. The molecule has 8 nitrogen and oxygen atoms in total. The van der Waals surface area contributed by atoms with Crippen LogP contribution in [0.3, 0.4) is 0 Å². The summed E-state index contributed by atoms with van der Waals surface area (Å²) in [5.41, 5.74) is -1.32. The minimum Gasteiger partial charge on any atom is -0.317 e. The molecule has 3 aromatic rings. The molecule has 4 rings (SSSR count). The van der Waals surface area contributed by atoms with Crippen LogP contribution < -0.4 is 15.4 Å². The zero-order valence-electron chi connectivity index (χ0n) is 21.6. The molecule has 39 heavy (non-hydrogen) atoms. The molecule has 1 aliphatic rings. The van der Waals surface area contributed by atoms with Gasteiger partial charge in [0.15, 0.2) is 11.6 Å². The number of amides is 3. The molecule has 1 aliphatic heterocycles. The molecular weight excluding hydrogens is 506 g/mol. The summed E-state index contributed by atoms with van der Waals surface area (Å²) in [6, 6.07) is 12.9. The van der Waals surface area contributed by atoms with Gasteiger partial charge in [-0.2, -0.15) is 0 Å². The van der Waals surface area contributed by atoms with Crippen molar-refractivity contribution < 1.29 is 23.2 Å². The molecule has 1 atom stereocenters. The van der Waals surface area contributed by atoms with Gasteiger partial charge in [-0.05, 0) is 37.3 Å². The van der Waals surface area contributed by atoms with Crippen LogP contribution >= 0.6 is 0 Å². The summed E-state index contributed by atoms with van der Waals surface area (Å²) >= 11 is 0. The first-order valence-corrected chi connectivity index (χ1v) is 12.1. The predicted octanol–water partition coefficient (Wildman–Crippen LogP) is 3.32. The molecule has 3 amide bonds. The third-order valence-corrected chi connectivity index (χ3v) is 6.71. The summed E-state index contributed by atoms with van der Waals surface area (Å²) in [6.07, 6.45) is 1.66. The number of anilines is 2. The number of urea groups is 1. The molecule has 0 bridgehead atoms. The molecule has 0 aliphatic carbocycles. The number of pyridine rings is 1. The van der Waals surface area contributed by atoms with Crippen molar-refractivity contribution in [3.63, 3.8) is 0 Å². The lowest BCUT2D eigenvalue weighted by Crippen LogP contribution is -2.68. The molecule has 0 saturated carbocycles. The Hall–Kier alpha value is -4.78. The van der Waals surface area contributed by atoms with Crippen molar-refractivity contribution in [2.45, 2.75) is 18.9 Å². The van der Waals surface area contributed by atoms with Crippen molar-refractivity contribution in [3.05, 3.63) is 93.9 Å². The minimum atomic E-state index is -1.63. The predicted molar refractivity (Wildman–Crippen MR) is 142 cm³/mol. The van der Waals surface area contributed by atoms with E-state index in [1.807, 2.05) is 6.07 Å². The van der Waals surface area contributed by atoms with E-state index in [1.165, 1.54) is 48.8 Å². The molecule has 1 fully saturated rings. The highest BCUT2D eigenvalue weighted by atomic mass is 19.1. The molecule has 0 radical (unpaired) electrons. The molecule has 0 N–H and O–H groups in total. The van der Waals surface area contributed by atoms with Gasteiger partial charge in [-0.15, -0.1) is 0 Å². The highest BCUT2D eigenvalue weighted by Crippen LogP contribution is 2.32. The van der Waals surface area contributed by atoms with Crippen LogP contribution in [0, 0.1) is 23.5 Å². The number of rotatable bonds is 4. The van der Waals surface area contributed by atoms with Crippen molar-refractivity contribution >= 4 is 29.6 Å². The lowest BCUT2D eigenvalue weighted by atomic mass is 9.91. The largest absolute Gasteiger partial charge is 0.325 e. The first-order valence-electron chi connectivity index (χ1n) is 12.1. The number of carbonyl (C=O) groups is 3. The standard InChI is InChI=1S/C29H26F2N4O4/c1-29(13-16-36)27(38)34(22-11-12-25(37)32(2)19-22)14-15-35(29)28(39)33(3)26-23(30)17-21(18-24(26)31)10-9-20-7-5-4-6-8-20/h4-8,11-12,16-19H,13-15H2,1-3H3. The molecular formula is C29H26F2N4O4. The van der Waals surface area contributed by atoms with E-state index in [1.54, 1.807) is 24.3 Å². The Labute approximate surface area is 224 Å². The summed E-state index contributed by atoms with van der Waals surface area (Å²) < 4.78 is 31.5. The van der Waals surface area contributed by atoms with Crippen LogP contribution in [-0.4, -0.2) is 53.4 Å². The van der Waals surface area contributed by atoms with E-state index in [0.29, 0.717) is 17.5 Å². The first kappa shape index (κ1) is 27.3. The van der Waals surface area contributed by atoms with Gasteiger partial charge in [0, 0.05) is 57.0 Å². The van der Waals surface area contributed by atoms with E-state index < -0.39 is 34.8 Å². The van der Waals surface area contributed by atoms with E-state index in [4.69, 9.17) is 0 Å². The Balaban J connectivity index is 1.62. The smallest absolute Gasteiger partial charge is 0.317 e. The molecule has 1 saturated heterocycles. The van der Waals surface area contributed by atoms with Crippen molar-refractivity contribution in [3.8, 4) is 11.8 Å². The zero-order chi connectivity index (χ0) is 28.3. The van der Waals surface area contributed by atoms with Crippen LogP contribution in [0.4, 0.5) is 25.0 Å². The molecule has 1 aromatic heterocycles. The number of nitrogens with zero attached hydrogens (tertiary/aromatic N) is 4. The summed E-state index contributed by atoms with van der Waals surface area (Å²) in [5, 5.41) is 0. The number of benzene rings is 2. The van der Waals surface area contributed by atoms with Gasteiger partial charge in [-0.1, -0.05) is 30.0 Å². The van der Waals surface area contributed by atoms with E-state index >= 15 is 8.78 Å². The Kier molecular flexibility index (Phi) is 7.63. The van der Waals surface area contributed by atoms with Crippen molar-refractivity contribution in [2.24, 2.45) is 7.05 Å². The Morgan fingerprint density at radius 1 is 1.03 bits per heavy atom. The van der Waals surface area contributed by atoms with E-state index in [9.17, 15) is 19.2 Å². The highest BCUT2D eigenvalue weighted by Gasteiger charge is 2.49. The maximum absolute atomic E-state index is 15.1. The van der Waals surface area contributed by atoms with Gasteiger partial charge in [0.2, 0.25) is 5.56 Å². The SMILES string of the molecule is CN(C(=O)N1CCN(c2ccc(=O)n(C)c2)C(=O)C1(C)CC=O)c1c(F)cc(C#Cc2ccccc2)cc1F. The molecule has 2 aromatic carbocycles. The Bertz CT molecular complexity index is 1540. The van der Waals surface area contributed by atoms with Crippen LogP contribution in [-0.2, 0) is 16.6 Å². The quantitative estimate of drug-likeness (QED) is 0.381. The second-order valence-corrected chi connectivity index (χ2v) is 9.34. The second-order valence-electron chi connectivity index (χ2n) is 9.34. The van der Waals surface area contributed by atoms with E-state index in [2.05, 4.69) is 11.8 Å². The van der Waals surface area contributed by atoms with Crippen LogP contribution in [0.1, 0.15) is 24.5 Å². The van der Waals surface area contributed by atoms with E-state index in [-0.39, 0.29) is 30.6 Å². The maximum atomic E-state index is 15.1. The molecule has 10 heteroatoms. The first-order chi connectivity index (χ1) is 18.6. The normalized spacial score (nSPS) is 16.9. The van der Waals surface area contributed by atoms with Crippen molar-refractivity contribution in [1.29, 1.82) is 0 Å². The maximum Gasteiger partial charge on any atom is 0.325 e. The summed E-state index contributed by atoms with van der Waals surface area (Å²) in [6.45, 7) is 1.45. The molecule has 200 valence electrons. The number of aromatic nitrogens is 1. The number of carbonyl (C=O) groups excluding carboxylic acids is 3. The third-order valence-electron chi connectivity index (χ3n) is 6.71. The number of piperazine rings is 1. The number of aldehydes is 1. The third kappa shape index (κ3) is 5.29. The fourth-order valence-electron chi connectivity index (χ4n) is 4.51. The van der Waals surface area contributed by atoms with Crippen LogP contribution in [0.25, 0.3) is 0 Å². The van der Waals surface area contributed by atoms with Crippen LogP contribution in [0.15, 0.2) is 65.6 Å². The topological polar surface area (TPSA) is 82.9 Å². The lowest BCUT2D eigenvalue weighted by Gasteiger charge is -2.47. The monoisotopic (exact) mass is 532 g/mol. The van der Waals surface area contributed by atoms with Crippen LogP contribution in [0.2, 0.25) is 0 Å². The fraction of sp³-hybridized carbons (Fsp3) is 0.241. The lowest BCUT2D eigenvalue weighted by molar-refractivity contribution is -0.133. The Morgan fingerprint density at radius 2 is 1.67 bits per heavy atom. The van der Waals surface area contributed by atoms with Crippen molar-refractivity contribution in [1.82, 2.24) is 9.47 Å². The van der Waals surface area contributed by atoms with E-state index in [0.717, 1.165) is 21.9 Å². The molecule has 2 heterocycles. The van der Waals surface area contributed by atoms with Crippen molar-refractivity contribution in [2.75, 3.05) is 29.9 Å². The summed E-state index contributed by atoms with van der Waals surface area (Å²) in [7, 11) is 2.74. The second kappa shape index (κ2) is 10.9. The summed E-state index contributed by atoms with van der Waals surface area (Å²) in [5.74, 6) is 2.97. The van der Waals surface area contributed by atoms with Gasteiger partial charge in [-0.3, -0.25) is 14.5 Å². The number of hydrogen-bond donors (Lipinski definition) is 0. The number of halogens is 2. The highest BCUT2D eigenvalue weighted by molar-refractivity contribution is 6.06. The summed E-state index contributed by atoms with van der Waals surface area (Å²) in [4.78, 5) is 53.8. The van der Waals surface area contributed by atoms with Gasteiger partial charge in [-0.25, -0.2) is 13.6 Å². The average Bonchev–Trinajstić information content (AvgIpc) is 2.90. The van der Waals surface area contributed by atoms with Gasteiger partial charge < -0.3 is 19.2 Å². The van der Waals surface area contributed by atoms with Gasteiger partial charge in [0.1, 0.15) is 17.5 Å². The molecule has 0 spiro atoms. The Morgan fingerprint density at radius 3 is 2.28 bits per heavy atom. The van der Waals surface area contributed by atoms with Gasteiger partial charge >= 0.3 is 6.03 Å². The fourth-order valence-corrected chi connectivity index (χ4v) is 4.51. The number of hydrogen-bond acceptors (Lipinski definition) is 4. The molecule has 1 unspecified atom stereocenters. The average molecular weight is 533 g/mol. The number of aryl methyl sites for hydroxylation is 1. The van der Waals surface area contributed by atoms with Crippen LogP contribution in [0.5, 0.6) is 0 Å².